The average Bonchev–Trinajstić information content (AvgIpc) is 2.46. The number of benzene rings is 1. The topological polar surface area (TPSA) is 29.5 Å². The number of hydrogen-bond acceptors (Lipinski definition) is 2. The molecule has 1 aliphatic heterocycles. The molecule has 1 amide bonds. The Hall–Kier alpha value is -1.35. The summed E-state index contributed by atoms with van der Waals surface area (Å²) in [6, 6.07) is 6.33. The SMILES string of the molecule is CC(C)c1cc(C(=O)N2CCOCC2)cc(C(C)C)c1. The predicted octanol–water partition coefficient (Wildman–Crippen LogP) is 3.41. The second-order valence-electron chi connectivity index (χ2n) is 6.10. The molecule has 0 aliphatic carbocycles. The van der Waals surface area contributed by atoms with Gasteiger partial charge in [-0.1, -0.05) is 33.8 Å². The molecule has 1 fully saturated rings. The minimum Gasteiger partial charge on any atom is -0.378 e. The van der Waals surface area contributed by atoms with Crippen molar-refractivity contribution in [1.29, 1.82) is 0 Å². The van der Waals surface area contributed by atoms with Crippen molar-refractivity contribution in [1.82, 2.24) is 4.90 Å². The maximum atomic E-state index is 12.6. The van der Waals surface area contributed by atoms with Crippen LogP contribution < -0.4 is 0 Å². The molecule has 3 heteroatoms. The highest BCUT2D eigenvalue weighted by atomic mass is 16.5. The molecule has 110 valence electrons. The summed E-state index contributed by atoms with van der Waals surface area (Å²) in [7, 11) is 0. The number of carbonyl (C=O) groups excluding carboxylic acids is 1. The van der Waals surface area contributed by atoms with Gasteiger partial charge in [0.1, 0.15) is 0 Å². The Balaban J connectivity index is 2.31. The fraction of sp³-hybridized carbons (Fsp3) is 0.588. The second-order valence-corrected chi connectivity index (χ2v) is 6.10. The maximum Gasteiger partial charge on any atom is 0.254 e. The summed E-state index contributed by atoms with van der Waals surface area (Å²) in [6.45, 7) is 11.4. The van der Waals surface area contributed by atoms with Crippen molar-refractivity contribution in [3.63, 3.8) is 0 Å². The van der Waals surface area contributed by atoms with Crippen molar-refractivity contribution >= 4 is 5.91 Å². The average molecular weight is 275 g/mol. The smallest absolute Gasteiger partial charge is 0.254 e. The van der Waals surface area contributed by atoms with Crippen LogP contribution in [0, 0.1) is 0 Å². The third-order valence-corrected chi connectivity index (χ3v) is 3.86. The molecule has 1 aliphatic rings. The number of ether oxygens (including phenoxy) is 1. The summed E-state index contributed by atoms with van der Waals surface area (Å²) in [4.78, 5) is 14.5. The van der Waals surface area contributed by atoms with Gasteiger partial charge >= 0.3 is 0 Å². The lowest BCUT2D eigenvalue weighted by molar-refractivity contribution is 0.0302. The molecule has 1 aromatic rings. The minimum atomic E-state index is 0.137. The molecule has 0 atom stereocenters. The lowest BCUT2D eigenvalue weighted by Crippen LogP contribution is -2.40. The largest absolute Gasteiger partial charge is 0.378 e. The Kier molecular flexibility index (Phi) is 4.81. The van der Waals surface area contributed by atoms with E-state index in [4.69, 9.17) is 4.74 Å². The number of morpholine rings is 1. The maximum absolute atomic E-state index is 12.6. The molecule has 0 bridgehead atoms. The molecule has 0 saturated carbocycles. The predicted molar refractivity (Wildman–Crippen MR) is 81.3 cm³/mol. The van der Waals surface area contributed by atoms with E-state index >= 15 is 0 Å². The van der Waals surface area contributed by atoms with Crippen LogP contribution >= 0.6 is 0 Å². The molecule has 0 N–H and O–H groups in total. The highest BCUT2D eigenvalue weighted by molar-refractivity contribution is 5.94. The summed E-state index contributed by atoms with van der Waals surface area (Å²) in [6.07, 6.45) is 0. The fourth-order valence-electron chi connectivity index (χ4n) is 2.42. The summed E-state index contributed by atoms with van der Waals surface area (Å²) in [5.74, 6) is 1.01. The number of carbonyl (C=O) groups is 1. The molecular formula is C17H25NO2. The van der Waals surface area contributed by atoms with Gasteiger partial charge in [0.25, 0.3) is 5.91 Å². The first kappa shape index (κ1) is 15.0. The second kappa shape index (κ2) is 6.40. The van der Waals surface area contributed by atoms with Gasteiger partial charge in [0.2, 0.25) is 0 Å². The Bertz CT molecular complexity index is 448. The Labute approximate surface area is 121 Å². The molecular weight excluding hydrogens is 250 g/mol. The fourth-order valence-corrected chi connectivity index (χ4v) is 2.42. The van der Waals surface area contributed by atoms with Gasteiger partial charge < -0.3 is 9.64 Å². The van der Waals surface area contributed by atoms with Gasteiger partial charge in [-0.25, -0.2) is 0 Å². The van der Waals surface area contributed by atoms with Crippen molar-refractivity contribution < 1.29 is 9.53 Å². The van der Waals surface area contributed by atoms with E-state index in [1.807, 2.05) is 17.0 Å². The molecule has 0 radical (unpaired) electrons. The van der Waals surface area contributed by atoms with Gasteiger partial charge in [-0.2, -0.15) is 0 Å². The molecule has 20 heavy (non-hydrogen) atoms. The van der Waals surface area contributed by atoms with E-state index in [1.165, 1.54) is 11.1 Å². The van der Waals surface area contributed by atoms with Crippen molar-refractivity contribution in [2.75, 3.05) is 26.3 Å². The number of amides is 1. The normalized spacial score (nSPS) is 16.0. The molecule has 2 rings (SSSR count). The van der Waals surface area contributed by atoms with E-state index in [2.05, 4.69) is 33.8 Å². The molecule has 0 unspecified atom stereocenters. The highest BCUT2D eigenvalue weighted by Crippen LogP contribution is 2.24. The third kappa shape index (κ3) is 3.40. The summed E-state index contributed by atoms with van der Waals surface area (Å²) in [5, 5.41) is 0. The van der Waals surface area contributed by atoms with Gasteiger partial charge in [-0.3, -0.25) is 4.79 Å². The van der Waals surface area contributed by atoms with Gasteiger partial charge in [-0.05, 0) is 35.1 Å². The number of nitrogens with zero attached hydrogens (tertiary/aromatic N) is 1. The van der Waals surface area contributed by atoms with Crippen molar-refractivity contribution in [2.24, 2.45) is 0 Å². The quantitative estimate of drug-likeness (QED) is 0.846. The van der Waals surface area contributed by atoms with Crippen LogP contribution in [0.4, 0.5) is 0 Å². The molecule has 3 nitrogen and oxygen atoms in total. The molecule has 1 saturated heterocycles. The van der Waals surface area contributed by atoms with Crippen LogP contribution in [0.15, 0.2) is 18.2 Å². The third-order valence-electron chi connectivity index (χ3n) is 3.86. The van der Waals surface area contributed by atoms with Crippen LogP contribution in [0.25, 0.3) is 0 Å². The zero-order valence-electron chi connectivity index (χ0n) is 13.0. The van der Waals surface area contributed by atoms with Crippen molar-refractivity contribution in [2.45, 2.75) is 39.5 Å². The van der Waals surface area contributed by atoms with Gasteiger partial charge in [-0.15, -0.1) is 0 Å². The van der Waals surface area contributed by atoms with Crippen LogP contribution in [-0.4, -0.2) is 37.1 Å². The van der Waals surface area contributed by atoms with Gasteiger partial charge in [0, 0.05) is 18.7 Å². The zero-order chi connectivity index (χ0) is 14.7. The first-order valence-corrected chi connectivity index (χ1v) is 7.51. The van der Waals surface area contributed by atoms with Crippen LogP contribution in [0.1, 0.15) is 61.0 Å². The monoisotopic (exact) mass is 275 g/mol. The molecule has 0 spiro atoms. The van der Waals surface area contributed by atoms with Crippen molar-refractivity contribution in [3.05, 3.63) is 34.9 Å². The van der Waals surface area contributed by atoms with Gasteiger partial charge in [0.05, 0.1) is 13.2 Å². The van der Waals surface area contributed by atoms with E-state index in [0.29, 0.717) is 38.1 Å². The van der Waals surface area contributed by atoms with E-state index in [0.717, 1.165) is 5.56 Å². The van der Waals surface area contributed by atoms with E-state index in [9.17, 15) is 4.79 Å². The summed E-state index contributed by atoms with van der Waals surface area (Å²) in [5.41, 5.74) is 3.31. The lowest BCUT2D eigenvalue weighted by Gasteiger charge is -2.27. The van der Waals surface area contributed by atoms with E-state index < -0.39 is 0 Å². The molecule has 0 aromatic heterocycles. The van der Waals surface area contributed by atoms with Crippen LogP contribution in [0.5, 0.6) is 0 Å². The first-order chi connectivity index (χ1) is 9.49. The standard InChI is InChI=1S/C17H25NO2/c1-12(2)14-9-15(13(3)4)11-16(10-14)17(19)18-5-7-20-8-6-18/h9-13H,5-8H2,1-4H3. The Morgan fingerprint density at radius 2 is 1.50 bits per heavy atom. The Morgan fingerprint density at radius 3 is 1.95 bits per heavy atom. The molecule has 1 heterocycles. The lowest BCUT2D eigenvalue weighted by atomic mass is 9.93. The molecule has 1 aromatic carbocycles. The van der Waals surface area contributed by atoms with Crippen LogP contribution in [0.2, 0.25) is 0 Å². The summed E-state index contributed by atoms with van der Waals surface area (Å²) >= 11 is 0. The van der Waals surface area contributed by atoms with E-state index in [-0.39, 0.29) is 5.91 Å². The highest BCUT2D eigenvalue weighted by Gasteiger charge is 2.20. The van der Waals surface area contributed by atoms with Crippen molar-refractivity contribution in [3.8, 4) is 0 Å². The Morgan fingerprint density at radius 1 is 1.00 bits per heavy atom. The number of rotatable bonds is 3. The van der Waals surface area contributed by atoms with Gasteiger partial charge in [0.15, 0.2) is 0 Å². The number of hydrogen-bond donors (Lipinski definition) is 0. The minimum absolute atomic E-state index is 0.137. The zero-order valence-corrected chi connectivity index (χ0v) is 13.0. The first-order valence-electron chi connectivity index (χ1n) is 7.51. The van der Waals surface area contributed by atoms with Crippen LogP contribution in [0.3, 0.4) is 0 Å². The van der Waals surface area contributed by atoms with E-state index in [1.54, 1.807) is 0 Å². The van der Waals surface area contributed by atoms with Crippen LogP contribution in [-0.2, 0) is 4.74 Å². The summed E-state index contributed by atoms with van der Waals surface area (Å²) < 4.78 is 5.32.